The van der Waals surface area contributed by atoms with Crippen LogP contribution >= 0.6 is 0 Å². The Kier molecular flexibility index (Phi) is 6.11. The zero-order valence-electron chi connectivity index (χ0n) is 9.14. The Balaban J connectivity index is 4.34. The molecule has 0 unspecified atom stereocenters. The van der Waals surface area contributed by atoms with Gasteiger partial charge in [0.25, 0.3) is 5.60 Å². The molecule has 0 amide bonds. The second kappa shape index (κ2) is 6.39. The number of halogens is 6. The minimum atomic E-state index is -5.87. The van der Waals surface area contributed by atoms with Gasteiger partial charge in [-0.2, -0.15) is 26.3 Å². The van der Waals surface area contributed by atoms with Crippen LogP contribution in [-0.4, -0.2) is 49.5 Å². The third-order valence-electron chi connectivity index (χ3n) is 1.86. The van der Waals surface area contributed by atoms with Gasteiger partial charge in [-0.05, 0) is 0 Å². The van der Waals surface area contributed by atoms with Crippen LogP contribution in [0.15, 0.2) is 12.7 Å². The topological polar surface area (TPSA) is 38.7 Å². The van der Waals surface area contributed by atoms with Gasteiger partial charge in [0.2, 0.25) is 0 Å². The van der Waals surface area contributed by atoms with E-state index < -0.39 is 31.2 Å². The molecule has 0 aliphatic carbocycles. The van der Waals surface area contributed by atoms with Gasteiger partial charge in [-0.1, -0.05) is 6.08 Å². The van der Waals surface area contributed by atoms with E-state index in [0.717, 1.165) is 0 Å². The van der Waals surface area contributed by atoms with Gasteiger partial charge < -0.3 is 14.6 Å². The lowest BCUT2D eigenvalue weighted by Crippen LogP contribution is -2.60. The summed E-state index contributed by atoms with van der Waals surface area (Å²) in [5.74, 6) is 0. The molecule has 0 aromatic heterocycles. The molecule has 0 saturated heterocycles. The van der Waals surface area contributed by atoms with Crippen LogP contribution in [0.5, 0.6) is 0 Å². The zero-order valence-corrected chi connectivity index (χ0v) is 9.14. The van der Waals surface area contributed by atoms with Gasteiger partial charge in [0.05, 0.1) is 26.4 Å². The lowest BCUT2D eigenvalue weighted by atomic mass is 10.1. The van der Waals surface area contributed by atoms with Gasteiger partial charge in [-0.15, -0.1) is 6.58 Å². The van der Waals surface area contributed by atoms with E-state index in [4.69, 9.17) is 5.11 Å². The van der Waals surface area contributed by atoms with Gasteiger partial charge in [-0.25, -0.2) is 0 Å². The van der Waals surface area contributed by atoms with Crippen molar-refractivity contribution >= 4 is 0 Å². The van der Waals surface area contributed by atoms with Crippen molar-refractivity contribution in [3.63, 3.8) is 0 Å². The fourth-order valence-electron chi connectivity index (χ4n) is 0.829. The Morgan fingerprint density at radius 3 is 1.78 bits per heavy atom. The second-order valence-electron chi connectivity index (χ2n) is 3.27. The van der Waals surface area contributed by atoms with E-state index in [1.165, 1.54) is 6.08 Å². The summed E-state index contributed by atoms with van der Waals surface area (Å²) in [7, 11) is 0. The molecule has 0 heterocycles. The van der Waals surface area contributed by atoms with Gasteiger partial charge >= 0.3 is 12.4 Å². The number of aliphatic hydroxyl groups is 1. The summed E-state index contributed by atoms with van der Waals surface area (Å²) in [6, 6.07) is 0. The number of rotatable bonds is 7. The van der Waals surface area contributed by atoms with Crippen LogP contribution in [0, 0.1) is 0 Å². The van der Waals surface area contributed by atoms with E-state index in [9.17, 15) is 26.3 Å². The zero-order chi connectivity index (χ0) is 14.4. The molecule has 0 radical (unpaired) electrons. The third-order valence-corrected chi connectivity index (χ3v) is 1.86. The molecule has 18 heavy (non-hydrogen) atoms. The van der Waals surface area contributed by atoms with Crippen molar-refractivity contribution in [1.29, 1.82) is 0 Å². The Hall–Kier alpha value is -0.800. The molecule has 0 rings (SSSR count). The Labute approximate surface area is 99.0 Å². The van der Waals surface area contributed by atoms with Crippen molar-refractivity contribution in [2.75, 3.05) is 26.4 Å². The SMILES string of the molecule is C=CCOCCOCC(O)(C(F)(F)F)C(F)(F)F. The summed E-state index contributed by atoms with van der Waals surface area (Å²) in [6.45, 7) is 0.713. The molecule has 3 nitrogen and oxygen atoms in total. The summed E-state index contributed by atoms with van der Waals surface area (Å²) in [6.07, 6.45) is -10.4. The summed E-state index contributed by atoms with van der Waals surface area (Å²) < 4.78 is 81.6. The van der Waals surface area contributed by atoms with Crippen molar-refractivity contribution in [2.45, 2.75) is 18.0 Å². The molecule has 0 aliphatic rings. The minimum absolute atomic E-state index is 0.0895. The molecule has 0 aromatic rings. The van der Waals surface area contributed by atoms with Crippen LogP contribution in [0.3, 0.4) is 0 Å². The second-order valence-corrected chi connectivity index (χ2v) is 3.27. The van der Waals surface area contributed by atoms with Crippen LogP contribution in [0.25, 0.3) is 0 Å². The Morgan fingerprint density at radius 2 is 1.39 bits per heavy atom. The Bertz CT molecular complexity index is 246. The fraction of sp³-hybridized carbons (Fsp3) is 0.778. The first-order valence-electron chi connectivity index (χ1n) is 4.68. The molecule has 1 N–H and O–H groups in total. The predicted molar refractivity (Wildman–Crippen MR) is 48.9 cm³/mol. The molecule has 0 bridgehead atoms. The number of hydrogen-bond acceptors (Lipinski definition) is 3. The van der Waals surface area contributed by atoms with Crippen LogP contribution in [-0.2, 0) is 9.47 Å². The first-order valence-corrected chi connectivity index (χ1v) is 4.68. The van der Waals surface area contributed by atoms with Crippen molar-refractivity contribution in [2.24, 2.45) is 0 Å². The Morgan fingerprint density at radius 1 is 0.944 bits per heavy atom. The third kappa shape index (κ3) is 4.46. The number of alkyl halides is 6. The lowest BCUT2D eigenvalue weighted by molar-refractivity contribution is -0.378. The van der Waals surface area contributed by atoms with Crippen LogP contribution < -0.4 is 0 Å². The first kappa shape index (κ1) is 17.2. The summed E-state index contributed by atoms with van der Waals surface area (Å²) in [4.78, 5) is 0. The van der Waals surface area contributed by atoms with Gasteiger partial charge in [0, 0.05) is 0 Å². The monoisotopic (exact) mass is 282 g/mol. The fourth-order valence-corrected chi connectivity index (χ4v) is 0.829. The van der Waals surface area contributed by atoms with E-state index in [-0.39, 0.29) is 13.2 Å². The molecular weight excluding hydrogens is 270 g/mol. The highest BCUT2D eigenvalue weighted by molar-refractivity contribution is 4.93. The van der Waals surface area contributed by atoms with Crippen molar-refractivity contribution in [1.82, 2.24) is 0 Å². The smallest absolute Gasteiger partial charge is 0.375 e. The molecule has 0 aromatic carbocycles. The largest absolute Gasteiger partial charge is 0.428 e. The maximum atomic E-state index is 12.1. The number of hydrogen-bond donors (Lipinski definition) is 1. The van der Waals surface area contributed by atoms with E-state index in [0.29, 0.717) is 0 Å². The quantitative estimate of drug-likeness (QED) is 0.441. The average Bonchev–Trinajstić information content (AvgIpc) is 2.19. The maximum absolute atomic E-state index is 12.1. The van der Waals surface area contributed by atoms with Crippen molar-refractivity contribution in [3.8, 4) is 0 Å². The maximum Gasteiger partial charge on any atom is 0.428 e. The van der Waals surface area contributed by atoms with Crippen molar-refractivity contribution in [3.05, 3.63) is 12.7 Å². The van der Waals surface area contributed by atoms with Gasteiger partial charge in [-0.3, -0.25) is 0 Å². The van der Waals surface area contributed by atoms with Gasteiger partial charge in [0.1, 0.15) is 0 Å². The summed E-state index contributed by atoms with van der Waals surface area (Å²) in [5, 5.41) is 8.66. The van der Waals surface area contributed by atoms with E-state index in [1.54, 1.807) is 0 Å². The van der Waals surface area contributed by atoms with E-state index in [1.807, 2.05) is 0 Å². The van der Waals surface area contributed by atoms with Gasteiger partial charge in [0.15, 0.2) is 0 Å². The van der Waals surface area contributed by atoms with Crippen LogP contribution in [0.1, 0.15) is 0 Å². The molecule has 0 fully saturated rings. The average molecular weight is 282 g/mol. The molecular formula is C9H12F6O3. The molecule has 0 aliphatic heterocycles. The molecule has 0 atom stereocenters. The van der Waals surface area contributed by atoms with E-state index >= 15 is 0 Å². The minimum Gasteiger partial charge on any atom is -0.375 e. The molecule has 108 valence electrons. The summed E-state index contributed by atoms with van der Waals surface area (Å²) >= 11 is 0. The summed E-state index contributed by atoms with van der Waals surface area (Å²) in [5.41, 5.74) is -4.88. The highest BCUT2D eigenvalue weighted by Crippen LogP contribution is 2.43. The predicted octanol–water partition coefficient (Wildman–Crippen LogP) is 2.06. The normalized spacial score (nSPS) is 13.7. The highest BCUT2D eigenvalue weighted by atomic mass is 19.4. The standard InChI is InChI=1S/C9H12F6O3/c1-2-3-17-4-5-18-6-7(16,8(10,11)12)9(13,14)15/h2,16H,1,3-6H2. The molecule has 0 saturated carbocycles. The van der Waals surface area contributed by atoms with Crippen LogP contribution in [0.2, 0.25) is 0 Å². The van der Waals surface area contributed by atoms with Crippen molar-refractivity contribution < 1.29 is 40.9 Å². The lowest BCUT2D eigenvalue weighted by Gasteiger charge is -2.31. The van der Waals surface area contributed by atoms with Crippen LogP contribution in [0.4, 0.5) is 26.3 Å². The molecule has 0 spiro atoms. The first-order chi connectivity index (χ1) is 8.06. The van der Waals surface area contributed by atoms with E-state index in [2.05, 4.69) is 16.1 Å². The number of ether oxygens (including phenoxy) is 2. The molecule has 9 heteroatoms. The highest BCUT2D eigenvalue weighted by Gasteiger charge is 2.70.